The molecule has 2 nitrogen and oxygen atoms in total. The molecule has 0 bridgehead atoms. The fourth-order valence-corrected chi connectivity index (χ4v) is 1.74. The topological polar surface area (TPSA) is 29.1 Å². The second-order valence-electron chi connectivity index (χ2n) is 4.33. The van der Waals surface area contributed by atoms with E-state index in [0.29, 0.717) is 0 Å². The molecule has 1 amide bonds. The van der Waals surface area contributed by atoms with E-state index in [1.165, 1.54) is 0 Å². The molecule has 1 aromatic carbocycles. The number of hydrogen-bond acceptors (Lipinski definition) is 1. The summed E-state index contributed by atoms with van der Waals surface area (Å²) < 4.78 is 0. The van der Waals surface area contributed by atoms with E-state index in [4.69, 9.17) is 0 Å². The van der Waals surface area contributed by atoms with Crippen molar-refractivity contribution in [2.24, 2.45) is 5.92 Å². The lowest BCUT2D eigenvalue weighted by Crippen LogP contribution is -2.31. The van der Waals surface area contributed by atoms with E-state index in [2.05, 4.69) is 12.2 Å². The van der Waals surface area contributed by atoms with Crippen molar-refractivity contribution in [1.82, 2.24) is 5.32 Å². The molecular formula is C14H21NO. The van der Waals surface area contributed by atoms with Crippen molar-refractivity contribution in [3.05, 3.63) is 35.9 Å². The molecule has 0 aromatic heterocycles. The molecule has 0 heterocycles. The molecule has 0 saturated carbocycles. The highest BCUT2D eigenvalue weighted by Gasteiger charge is 2.14. The van der Waals surface area contributed by atoms with Gasteiger partial charge in [-0.25, -0.2) is 0 Å². The van der Waals surface area contributed by atoms with Crippen LogP contribution in [0.25, 0.3) is 0 Å². The number of rotatable bonds is 5. The first-order valence-electron chi connectivity index (χ1n) is 6.00. The van der Waals surface area contributed by atoms with Gasteiger partial charge >= 0.3 is 0 Å². The average Bonchev–Trinajstić information content (AvgIpc) is 2.30. The van der Waals surface area contributed by atoms with Gasteiger partial charge in [0.2, 0.25) is 5.91 Å². The highest BCUT2D eigenvalue weighted by Crippen LogP contribution is 2.13. The largest absolute Gasteiger partial charge is 0.349 e. The molecule has 0 aliphatic carbocycles. The minimum absolute atomic E-state index is 0.0907. The Hall–Kier alpha value is -1.31. The van der Waals surface area contributed by atoms with E-state index in [1.807, 2.05) is 44.2 Å². The normalized spacial score (nSPS) is 14.2. The van der Waals surface area contributed by atoms with Crippen molar-refractivity contribution >= 4 is 5.91 Å². The Morgan fingerprint density at radius 1 is 1.25 bits per heavy atom. The smallest absolute Gasteiger partial charge is 0.223 e. The van der Waals surface area contributed by atoms with E-state index in [9.17, 15) is 4.79 Å². The molecule has 1 N–H and O–H groups in total. The summed E-state index contributed by atoms with van der Waals surface area (Å²) in [6.07, 6.45) is 2.00. The Bertz CT molecular complexity index is 321. The van der Waals surface area contributed by atoms with Crippen molar-refractivity contribution in [2.45, 2.75) is 39.7 Å². The fraction of sp³-hybridized carbons (Fsp3) is 0.500. The van der Waals surface area contributed by atoms with Crippen LogP contribution in [0.15, 0.2) is 30.3 Å². The lowest BCUT2D eigenvalue weighted by molar-refractivity contribution is -0.125. The zero-order valence-corrected chi connectivity index (χ0v) is 10.4. The minimum atomic E-state index is 0.0907. The third-order valence-electron chi connectivity index (χ3n) is 2.83. The van der Waals surface area contributed by atoms with Crippen LogP contribution in [-0.4, -0.2) is 5.91 Å². The molecule has 1 aromatic rings. The van der Waals surface area contributed by atoms with Crippen LogP contribution in [0.2, 0.25) is 0 Å². The van der Waals surface area contributed by atoms with Gasteiger partial charge in [-0.1, -0.05) is 50.6 Å². The van der Waals surface area contributed by atoms with Crippen molar-refractivity contribution in [1.29, 1.82) is 0 Å². The molecule has 0 aliphatic heterocycles. The maximum absolute atomic E-state index is 11.8. The van der Waals surface area contributed by atoms with Gasteiger partial charge < -0.3 is 5.32 Å². The lowest BCUT2D eigenvalue weighted by atomic mass is 10.0. The third-order valence-corrected chi connectivity index (χ3v) is 2.83. The third kappa shape index (κ3) is 3.69. The summed E-state index contributed by atoms with van der Waals surface area (Å²) in [6, 6.07) is 10.1. The zero-order chi connectivity index (χ0) is 12.0. The summed E-state index contributed by atoms with van der Waals surface area (Å²) in [7, 11) is 0. The monoisotopic (exact) mass is 219 g/mol. The maximum Gasteiger partial charge on any atom is 0.223 e. The van der Waals surface area contributed by atoms with Gasteiger partial charge in [0.15, 0.2) is 0 Å². The standard InChI is InChI=1S/C14H21NO/c1-4-8-11(2)14(16)15-12(3)13-9-6-5-7-10-13/h5-7,9-12H,4,8H2,1-3H3,(H,15,16)/t11-,12-/m0/s1. The first-order chi connectivity index (χ1) is 7.65. The van der Waals surface area contributed by atoms with Crippen LogP contribution in [-0.2, 0) is 4.79 Å². The quantitative estimate of drug-likeness (QED) is 0.809. The number of hydrogen-bond donors (Lipinski definition) is 1. The van der Waals surface area contributed by atoms with E-state index in [0.717, 1.165) is 18.4 Å². The van der Waals surface area contributed by atoms with E-state index in [1.54, 1.807) is 0 Å². The van der Waals surface area contributed by atoms with Gasteiger partial charge in [-0.15, -0.1) is 0 Å². The Labute approximate surface area is 98.1 Å². The Balaban J connectivity index is 2.51. The summed E-state index contributed by atoms with van der Waals surface area (Å²) >= 11 is 0. The SMILES string of the molecule is CCC[C@H](C)C(=O)N[C@@H](C)c1ccccc1. The van der Waals surface area contributed by atoms with Crippen LogP contribution in [0.4, 0.5) is 0 Å². The molecule has 0 fully saturated rings. The van der Waals surface area contributed by atoms with Crippen LogP contribution in [0.5, 0.6) is 0 Å². The molecule has 1 rings (SSSR count). The molecule has 88 valence electrons. The summed E-state index contributed by atoms with van der Waals surface area (Å²) in [5.74, 6) is 0.259. The van der Waals surface area contributed by atoms with E-state index >= 15 is 0 Å². The first-order valence-corrected chi connectivity index (χ1v) is 6.00. The van der Waals surface area contributed by atoms with Crippen molar-refractivity contribution < 1.29 is 4.79 Å². The average molecular weight is 219 g/mol. The second kappa shape index (κ2) is 6.31. The molecule has 16 heavy (non-hydrogen) atoms. The van der Waals surface area contributed by atoms with Gasteiger partial charge in [-0.2, -0.15) is 0 Å². The van der Waals surface area contributed by atoms with Crippen LogP contribution >= 0.6 is 0 Å². The molecular weight excluding hydrogens is 198 g/mol. The van der Waals surface area contributed by atoms with Crippen LogP contribution in [0.1, 0.15) is 45.2 Å². The maximum atomic E-state index is 11.8. The number of benzene rings is 1. The van der Waals surface area contributed by atoms with Gasteiger partial charge in [0.25, 0.3) is 0 Å². The van der Waals surface area contributed by atoms with Crippen LogP contribution in [0.3, 0.4) is 0 Å². The van der Waals surface area contributed by atoms with Crippen molar-refractivity contribution in [2.75, 3.05) is 0 Å². The van der Waals surface area contributed by atoms with E-state index in [-0.39, 0.29) is 17.9 Å². The molecule has 2 heteroatoms. The predicted molar refractivity (Wildman–Crippen MR) is 67.1 cm³/mol. The molecule has 0 radical (unpaired) electrons. The fourth-order valence-electron chi connectivity index (χ4n) is 1.74. The van der Waals surface area contributed by atoms with Gasteiger partial charge in [0.1, 0.15) is 0 Å². The lowest BCUT2D eigenvalue weighted by Gasteiger charge is -2.17. The Morgan fingerprint density at radius 3 is 2.44 bits per heavy atom. The summed E-state index contributed by atoms with van der Waals surface area (Å²) in [5, 5.41) is 3.04. The molecule has 0 unspecified atom stereocenters. The van der Waals surface area contributed by atoms with Gasteiger partial charge in [0.05, 0.1) is 6.04 Å². The number of amides is 1. The minimum Gasteiger partial charge on any atom is -0.349 e. The van der Waals surface area contributed by atoms with Crippen molar-refractivity contribution in [3.8, 4) is 0 Å². The van der Waals surface area contributed by atoms with Crippen molar-refractivity contribution in [3.63, 3.8) is 0 Å². The Kier molecular flexibility index (Phi) is 5.03. The highest BCUT2D eigenvalue weighted by molar-refractivity contribution is 5.78. The molecule has 0 saturated heterocycles. The second-order valence-corrected chi connectivity index (χ2v) is 4.33. The van der Waals surface area contributed by atoms with Gasteiger partial charge in [0, 0.05) is 5.92 Å². The summed E-state index contributed by atoms with van der Waals surface area (Å²) in [4.78, 5) is 11.8. The van der Waals surface area contributed by atoms with Gasteiger partial charge in [-0.3, -0.25) is 4.79 Å². The molecule has 0 aliphatic rings. The zero-order valence-electron chi connectivity index (χ0n) is 10.4. The molecule has 0 spiro atoms. The van der Waals surface area contributed by atoms with Crippen LogP contribution in [0, 0.1) is 5.92 Å². The number of nitrogens with one attached hydrogen (secondary N) is 1. The summed E-state index contributed by atoms with van der Waals surface area (Å²) in [6.45, 7) is 6.10. The Morgan fingerprint density at radius 2 is 1.88 bits per heavy atom. The highest BCUT2D eigenvalue weighted by atomic mass is 16.1. The van der Waals surface area contributed by atoms with Gasteiger partial charge in [-0.05, 0) is 18.9 Å². The first kappa shape index (κ1) is 12.8. The molecule has 2 atom stereocenters. The predicted octanol–water partition coefficient (Wildman–Crippen LogP) is 3.30. The number of carbonyl (C=O) groups excluding carboxylic acids is 1. The number of carbonyl (C=O) groups is 1. The summed E-state index contributed by atoms with van der Waals surface area (Å²) in [5.41, 5.74) is 1.15. The van der Waals surface area contributed by atoms with Crippen LogP contribution < -0.4 is 5.32 Å². The van der Waals surface area contributed by atoms with E-state index < -0.39 is 0 Å².